The predicted molar refractivity (Wildman–Crippen MR) is 128 cm³/mol. The summed E-state index contributed by atoms with van der Waals surface area (Å²) in [6.07, 6.45) is 0.104. The first-order valence-corrected chi connectivity index (χ1v) is 11.9. The monoisotopic (exact) mass is 466 g/mol. The summed E-state index contributed by atoms with van der Waals surface area (Å²) in [6, 6.07) is 15.4. The molecule has 0 bridgehead atoms. The van der Waals surface area contributed by atoms with Gasteiger partial charge < -0.3 is 15.2 Å². The third kappa shape index (κ3) is 5.32. The first-order chi connectivity index (χ1) is 15.5. The molecule has 10 heteroatoms. The molecule has 2 heterocycles. The Morgan fingerprint density at radius 2 is 1.81 bits per heavy atom. The maximum atomic E-state index is 12.4. The highest BCUT2D eigenvalue weighted by Gasteiger charge is 2.16. The number of aryl methyl sites for hydroxylation is 1. The average Bonchev–Trinajstić information content (AvgIpc) is 3.36. The minimum absolute atomic E-state index is 0.104. The van der Waals surface area contributed by atoms with Gasteiger partial charge in [0.1, 0.15) is 5.82 Å². The number of thioether (sulfide) groups is 1. The fraction of sp³-hybridized carbons (Fsp3) is 0.227. The molecule has 2 amide bonds. The fourth-order valence-electron chi connectivity index (χ4n) is 3.07. The van der Waals surface area contributed by atoms with E-state index >= 15 is 0 Å². The number of anilines is 2. The third-order valence-electron chi connectivity index (χ3n) is 4.64. The molecular formula is C22H22N6O2S2. The molecule has 0 saturated heterocycles. The molecule has 2 aromatic carbocycles. The van der Waals surface area contributed by atoms with E-state index in [2.05, 4.69) is 25.8 Å². The van der Waals surface area contributed by atoms with Crippen molar-refractivity contribution in [3.05, 3.63) is 59.9 Å². The van der Waals surface area contributed by atoms with Gasteiger partial charge >= 0.3 is 0 Å². The van der Waals surface area contributed by atoms with Crippen LogP contribution in [0.1, 0.15) is 18.3 Å². The van der Waals surface area contributed by atoms with Gasteiger partial charge in [-0.15, -0.1) is 10.2 Å². The summed E-state index contributed by atoms with van der Waals surface area (Å²) in [5.41, 5.74) is 2.73. The van der Waals surface area contributed by atoms with Crippen LogP contribution in [-0.2, 0) is 22.6 Å². The van der Waals surface area contributed by atoms with Gasteiger partial charge in [-0.05, 0) is 38.1 Å². The van der Waals surface area contributed by atoms with Gasteiger partial charge in [0.2, 0.25) is 11.8 Å². The van der Waals surface area contributed by atoms with Crippen LogP contribution in [0, 0.1) is 6.92 Å². The number of benzene rings is 2. The molecule has 0 unspecified atom stereocenters. The molecule has 0 atom stereocenters. The average molecular weight is 467 g/mol. The molecule has 2 N–H and O–H groups in total. The van der Waals surface area contributed by atoms with E-state index < -0.39 is 0 Å². The van der Waals surface area contributed by atoms with E-state index in [4.69, 9.17) is 0 Å². The third-order valence-corrected chi connectivity index (χ3v) is 6.55. The normalized spacial score (nSPS) is 10.9. The zero-order chi connectivity index (χ0) is 22.5. The standard InChI is InChI=1S/C22H22N6O2S2/c1-3-28-18(12-19(29)23-15-10-8-14(2)9-11-15)26-27-22(28)31-13-20(30)25-21-24-16-6-4-5-7-17(16)32-21/h4-11H,3,12-13H2,1-2H3,(H,23,29)(H,24,25,30). The van der Waals surface area contributed by atoms with Gasteiger partial charge in [0, 0.05) is 12.2 Å². The number of rotatable bonds is 8. The van der Waals surface area contributed by atoms with Crippen molar-refractivity contribution in [1.29, 1.82) is 0 Å². The van der Waals surface area contributed by atoms with Crippen LogP contribution in [0.4, 0.5) is 10.8 Å². The highest BCUT2D eigenvalue weighted by molar-refractivity contribution is 7.99. The number of nitrogens with one attached hydrogen (secondary N) is 2. The Kier molecular flexibility index (Phi) is 6.81. The topological polar surface area (TPSA) is 102 Å². The zero-order valence-corrected chi connectivity index (χ0v) is 19.3. The molecule has 0 aliphatic heterocycles. The van der Waals surface area contributed by atoms with Crippen LogP contribution in [0.3, 0.4) is 0 Å². The lowest BCUT2D eigenvalue weighted by Crippen LogP contribution is -2.18. The number of para-hydroxylation sites is 1. The number of fused-ring (bicyclic) bond motifs is 1. The number of hydrogen-bond acceptors (Lipinski definition) is 7. The number of thiazole rings is 1. The van der Waals surface area contributed by atoms with Gasteiger partial charge in [0.15, 0.2) is 10.3 Å². The van der Waals surface area contributed by atoms with Crippen LogP contribution in [0.25, 0.3) is 10.2 Å². The Morgan fingerprint density at radius 1 is 1.03 bits per heavy atom. The molecule has 0 aliphatic carbocycles. The fourth-order valence-corrected chi connectivity index (χ4v) is 4.77. The number of hydrogen-bond donors (Lipinski definition) is 2. The number of aromatic nitrogens is 4. The van der Waals surface area contributed by atoms with Crippen LogP contribution >= 0.6 is 23.1 Å². The summed E-state index contributed by atoms with van der Waals surface area (Å²) >= 11 is 2.72. The van der Waals surface area contributed by atoms with Crippen molar-refractivity contribution < 1.29 is 9.59 Å². The van der Waals surface area contributed by atoms with Crippen LogP contribution in [-0.4, -0.2) is 37.3 Å². The molecule has 0 aliphatic rings. The first kappa shape index (κ1) is 22.0. The molecule has 0 saturated carbocycles. The summed E-state index contributed by atoms with van der Waals surface area (Å²) < 4.78 is 2.87. The van der Waals surface area contributed by atoms with Crippen LogP contribution < -0.4 is 10.6 Å². The van der Waals surface area contributed by atoms with Gasteiger partial charge in [-0.1, -0.05) is 52.9 Å². The molecule has 0 spiro atoms. The van der Waals surface area contributed by atoms with Gasteiger partial charge in [0.05, 0.1) is 22.4 Å². The first-order valence-electron chi connectivity index (χ1n) is 10.1. The van der Waals surface area contributed by atoms with Crippen molar-refractivity contribution in [1.82, 2.24) is 19.7 Å². The Morgan fingerprint density at radius 3 is 2.56 bits per heavy atom. The van der Waals surface area contributed by atoms with Crippen molar-refractivity contribution >= 4 is 55.9 Å². The SMILES string of the molecule is CCn1c(CC(=O)Nc2ccc(C)cc2)nnc1SCC(=O)Nc1nc2ccccc2s1. The highest BCUT2D eigenvalue weighted by atomic mass is 32.2. The quantitative estimate of drug-likeness (QED) is 0.379. The molecule has 0 radical (unpaired) electrons. The minimum Gasteiger partial charge on any atom is -0.326 e. The molecule has 32 heavy (non-hydrogen) atoms. The zero-order valence-electron chi connectivity index (χ0n) is 17.7. The molecule has 8 nitrogen and oxygen atoms in total. The molecule has 0 fully saturated rings. The summed E-state index contributed by atoms with van der Waals surface area (Å²) in [4.78, 5) is 29.2. The Labute approximate surface area is 193 Å². The van der Waals surface area contributed by atoms with E-state index in [-0.39, 0.29) is 24.0 Å². The number of carbonyl (C=O) groups excluding carboxylic acids is 2. The van der Waals surface area contributed by atoms with E-state index in [0.29, 0.717) is 22.7 Å². The second-order valence-electron chi connectivity index (χ2n) is 7.06. The van der Waals surface area contributed by atoms with Crippen LogP contribution in [0.15, 0.2) is 53.7 Å². The van der Waals surface area contributed by atoms with E-state index in [1.807, 2.05) is 66.9 Å². The van der Waals surface area contributed by atoms with Crippen molar-refractivity contribution in [3.8, 4) is 0 Å². The molecular weight excluding hydrogens is 444 g/mol. The van der Waals surface area contributed by atoms with Crippen molar-refractivity contribution in [3.63, 3.8) is 0 Å². The van der Waals surface area contributed by atoms with Gasteiger partial charge in [-0.25, -0.2) is 4.98 Å². The summed E-state index contributed by atoms with van der Waals surface area (Å²) in [6.45, 7) is 4.55. The van der Waals surface area contributed by atoms with Gasteiger partial charge in [0.25, 0.3) is 0 Å². The van der Waals surface area contributed by atoms with Gasteiger partial charge in [-0.3, -0.25) is 9.59 Å². The second kappa shape index (κ2) is 9.92. The van der Waals surface area contributed by atoms with Crippen molar-refractivity contribution in [2.75, 3.05) is 16.4 Å². The van der Waals surface area contributed by atoms with E-state index in [1.165, 1.54) is 23.1 Å². The van der Waals surface area contributed by atoms with E-state index in [1.54, 1.807) is 0 Å². The van der Waals surface area contributed by atoms with Crippen LogP contribution in [0.5, 0.6) is 0 Å². The Hall–Kier alpha value is -3.24. The number of nitrogens with zero attached hydrogens (tertiary/aromatic N) is 4. The van der Waals surface area contributed by atoms with Crippen molar-refractivity contribution in [2.24, 2.45) is 0 Å². The van der Waals surface area contributed by atoms with Crippen LogP contribution in [0.2, 0.25) is 0 Å². The van der Waals surface area contributed by atoms with E-state index in [9.17, 15) is 9.59 Å². The summed E-state index contributed by atoms with van der Waals surface area (Å²) in [5, 5.41) is 15.2. The molecule has 4 aromatic rings. The molecule has 164 valence electrons. The van der Waals surface area contributed by atoms with Gasteiger partial charge in [-0.2, -0.15) is 0 Å². The lowest BCUT2D eigenvalue weighted by molar-refractivity contribution is -0.116. The summed E-state index contributed by atoms with van der Waals surface area (Å²) in [7, 11) is 0. The smallest absolute Gasteiger partial charge is 0.236 e. The predicted octanol–water partition coefficient (Wildman–Crippen LogP) is 4.13. The lowest BCUT2D eigenvalue weighted by Gasteiger charge is -2.08. The van der Waals surface area contributed by atoms with E-state index in [0.717, 1.165) is 21.5 Å². The second-order valence-corrected chi connectivity index (χ2v) is 9.03. The molecule has 2 aromatic heterocycles. The lowest BCUT2D eigenvalue weighted by atomic mass is 10.2. The maximum absolute atomic E-state index is 12.4. The maximum Gasteiger partial charge on any atom is 0.236 e. The Bertz CT molecular complexity index is 1220. The molecule has 4 rings (SSSR count). The van der Waals surface area contributed by atoms with Crippen molar-refractivity contribution in [2.45, 2.75) is 32.0 Å². The minimum atomic E-state index is -0.168. The summed E-state index contributed by atoms with van der Waals surface area (Å²) in [5.74, 6) is 0.398. The largest absolute Gasteiger partial charge is 0.326 e. The highest BCUT2D eigenvalue weighted by Crippen LogP contribution is 2.26. The Balaban J connectivity index is 1.34. The number of carbonyl (C=O) groups is 2. The number of amides is 2.